The first-order valence-electron chi connectivity index (χ1n) is 31.1. The van der Waals surface area contributed by atoms with E-state index in [2.05, 4.69) is 191 Å². The highest BCUT2D eigenvalue weighted by atomic mass is 16.6. The Bertz CT molecular complexity index is 1810. The first kappa shape index (κ1) is 72.8. The fraction of sp³-hybridized carbons (Fsp3) is 0.569. The molecule has 0 fully saturated rings. The first-order valence-corrected chi connectivity index (χ1v) is 31.1. The average Bonchev–Trinajstić information content (AvgIpc) is 3.44. The summed E-state index contributed by atoms with van der Waals surface area (Å²) >= 11 is 0. The number of hydrogen-bond acceptors (Lipinski definition) is 6. The molecule has 0 saturated carbocycles. The van der Waals surface area contributed by atoms with Crippen molar-refractivity contribution in [2.75, 3.05) is 13.2 Å². The van der Waals surface area contributed by atoms with E-state index in [1.807, 2.05) is 0 Å². The van der Waals surface area contributed by atoms with E-state index in [0.29, 0.717) is 19.3 Å². The third-order valence-corrected chi connectivity index (χ3v) is 12.4. The highest BCUT2D eigenvalue weighted by molar-refractivity contribution is 5.71. The SMILES string of the molecule is CC/C=C\C/C=C\C/C=C\C/C=C\C/C=C\C/C=C\C/C=C\C/C=C\C/C=C\CCCCCC(=O)OCC(COC(=O)CCCCCCC/C=C\C/C=C\CCCC)OC(=O)CCCCCCC/C=C\C/C=C\C/C=C\CC. The van der Waals surface area contributed by atoms with Crippen molar-refractivity contribution >= 4 is 17.9 Å². The van der Waals surface area contributed by atoms with Gasteiger partial charge >= 0.3 is 17.9 Å². The Morgan fingerprint density at radius 2 is 0.500 bits per heavy atom. The van der Waals surface area contributed by atoms with Crippen LogP contribution in [0.5, 0.6) is 0 Å². The summed E-state index contributed by atoms with van der Waals surface area (Å²) in [7, 11) is 0. The molecule has 0 aromatic rings. The maximum absolute atomic E-state index is 12.9. The van der Waals surface area contributed by atoms with Crippen molar-refractivity contribution < 1.29 is 28.6 Å². The minimum Gasteiger partial charge on any atom is -0.462 e. The molecular formula is C72H112O6. The van der Waals surface area contributed by atoms with Gasteiger partial charge in [0.25, 0.3) is 0 Å². The van der Waals surface area contributed by atoms with E-state index in [0.717, 1.165) is 186 Å². The van der Waals surface area contributed by atoms with Crippen LogP contribution in [0.3, 0.4) is 0 Å². The summed E-state index contributed by atoms with van der Waals surface area (Å²) in [5, 5.41) is 0. The summed E-state index contributed by atoms with van der Waals surface area (Å²) in [6, 6.07) is 0. The van der Waals surface area contributed by atoms with Crippen molar-refractivity contribution in [2.24, 2.45) is 0 Å². The summed E-state index contributed by atoms with van der Waals surface area (Å²) < 4.78 is 16.8. The summed E-state index contributed by atoms with van der Waals surface area (Å²) in [5.74, 6) is -0.982. The van der Waals surface area contributed by atoms with E-state index in [4.69, 9.17) is 14.2 Å². The van der Waals surface area contributed by atoms with Gasteiger partial charge in [0, 0.05) is 19.3 Å². The Balaban J connectivity index is 4.43. The Morgan fingerprint density at radius 3 is 0.795 bits per heavy atom. The van der Waals surface area contributed by atoms with Crippen molar-refractivity contribution in [2.45, 2.75) is 252 Å². The maximum atomic E-state index is 12.9. The fourth-order valence-electron chi connectivity index (χ4n) is 7.82. The molecule has 1 atom stereocenters. The van der Waals surface area contributed by atoms with Crippen molar-refractivity contribution in [1.29, 1.82) is 0 Å². The predicted molar refractivity (Wildman–Crippen MR) is 338 cm³/mol. The number of hydrogen-bond donors (Lipinski definition) is 0. The van der Waals surface area contributed by atoms with E-state index >= 15 is 0 Å². The standard InChI is InChI=1S/C72H112O6/c1-4-7-10-13-16-19-22-25-28-29-30-31-32-33-34-35-36-37-38-39-40-41-42-43-45-47-50-53-56-59-62-65-71(74)77-68-69(67-76-70(73)64-61-58-55-52-49-46-27-24-21-18-15-12-9-6-3)78-72(75)66-63-60-57-54-51-48-44-26-23-20-17-14-11-8-5-2/h7-8,10-11,15-20,24-28,30-31,33-34,36-37,39-40,42-44,47,50,69H,4-6,9,12-14,21-23,29,32,35,38,41,45-46,48-49,51-68H2,1-3H3/b10-7-,11-8-,18-15-,19-16-,20-17-,27-24-,28-25-,31-30-,34-33-,37-36-,40-39-,43-42-,44-26-,50-47-. The van der Waals surface area contributed by atoms with Gasteiger partial charge in [-0.25, -0.2) is 0 Å². The number of rotatable bonds is 54. The van der Waals surface area contributed by atoms with E-state index < -0.39 is 6.10 Å². The van der Waals surface area contributed by atoms with Crippen molar-refractivity contribution in [1.82, 2.24) is 0 Å². The van der Waals surface area contributed by atoms with E-state index in [1.54, 1.807) is 0 Å². The predicted octanol–water partition coefficient (Wildman–Crippen LogP) is 21.5. The normalized spacial score (nSPS) is 13.3. The minimum absolute atomic E-state index is 0.111. The summed E-state index contributed by atoms with van der Waals surface area (Å²) in [6.45, 7) is 6.30. The lowest BCUT2D eigenvalue weighted by Gasteiger charge is -2.18. The monoisotopic (exact) mass is 1070 g/mol. The number of carbonyl (C=O) groups excluding carboxylic acids is 3. The van der Waals surface area contributed by atoms with Crippen LogP contribution in [0, 0.1) is 0 Å². The molecule has 6 heteroatoms. The molecule has 0 aliphatic rings. The maximum Gasteiger partial charge on any atom is 0.306 e. The second-order valence-corrected chi connectivity index (χ2v) is 19.8. The van der Waals surface area contributed by atoms with Gasteiger partial charge in [-0.3, -0.25) is 14.4 Å². The lowest BCUT2D eigenvalue weighted by atomic mass is 10.1. The minimum atomic E-state index is -0.816. The third-order valence-electron chi connectivity index (χ3n) is 12.4. The number of unbranched alkanes of at least 4 members (excludes halogenated alkanes) is 15. The average molecular weight is 1070 g/mol. The molecule has 0 heterocycles. The smallest absolute Gasteiger partial charge is 0.306 e. The number of allylic oxidation sites excluding steroid dienone is 28. The quantitative estimate of drug-likeness (QED) is 0.0261. The van der Waals surface area contributed by atoms with Crippen LogP contribution in [0.25, 0.3) is 0 Å². The summed E-state index contributed by atoms with van der Waals surface area (Å²) in [4.78, 5) is 38.2. The number of ether oxygens (including phenoxy) is 3. The number of carbonyl (C=O) groups is 3. The highest BCUT2D eigenvalue weighted by Gasteiger charge is 2.19. The van der Waals surface area contributed by atoms with Gasteiger partial charge in [-0.1, -0.05) is 249 Å². The molecule has 436 valence electrons. The lowest BCUT2D eigenvalue weighted by Crippen LogP contribution is -2.30. The molecule has 0 saturated heterocycles. The zero-order valence-corrected chi connectivity index (χ0v) is 49.9. The van der Waals surface area contributed by atoms with Gasteiger partial charge in [0.05, 0.1) is 0 Å². The molecule has 0 aromatic heterocycles. The third kappa shape index (κ3) is 61.6. The van der Waals surface area contributed by atoms with Crippen LogP contribution in [-0.4, -0.2) is 37.2 Å². The Hall–Kier alpha value is -5.23. The van der Waals surface area contributed by atoms with Crippen LogP contribution in [0.15, 0.2) is 170 Å². The molecule has 0 aromatic carbocycles. The van der Waals surface area contributed by atoms with Crippen molar-refractivity contribution in [3.63, 3.8) is 0 Å². The topological polar surface area (TPSA) is 78.9 Å². The molecule has 0 N–H and O–H groups in total. The lowest BCUT2D eigenvalue weighted by molar-refractivity contribution is -0.167. The molecule has 0 aliphatic heterocycles. The molecule has 78 heavy (non-hydrogen) atoms. The molecule has 0 radical (unpaired) electrons. The summed E-state index contributed by atoms with van der Waals surface area (Å²) in [5.41, 5.74) is 0. The van der Waals surface area contributed by atoms with Crippen LogP contribution in [0.2, 0.25) is 0 Å². The van der Waals surface area contributed by atoms with Crippen LogP contribution >= 0.6 is 0 Å². The molecule has 0 aliphatic carbocycles. The molecule has 0 spiro atoms. The first-order chi connectivity index (χ1) is 38.5. The Morgan fingerprint density at radius 1 is 0.269 bits per heavy atom. The summed E-state index contributed by atoms with van der Waals surface area (Å²) in [6.07, 6.45) is 95.0. The van der Waals surface area contributed by atoms with Crippen molar-refractivity contribution in [3.8, 4) is 0 Å². The van der Waals surface area contributed by atoms with Crippen LogP contribution in [0.1, 0.15) is 245 Å². The van der Waals surface area contributed by atoms with Crippen LogP contribution in [0.4, 0.5) is 0 Å². The second kappa shape index (κ2) is 64.3. The second-order valence-electron chi connectivity index (χ2n) is 19.8. The van der Waals surface area contributed by atoms with Crippen LogP contribution in [-0.2, 0) is 28.6 Å². The van der Waals surface area contributed by atoms with E-state index in [1.165, 1.54) is 19.3 Å². The molecule has 6 nitrogen and oxygen atoms in total. The zero-order chi connectivity index (χ0) is 56.4. The molecular weight excluding hydrogens is 961 g/mol. The zero-order valence-electron chi connectivity index (χ0n) is 49.9. The Kier molecular flexibility index (Phi) is 60.0. The van der Waals surface area contributed by atoms with Gasteiger partial charge in [0.2, 0.25) is 0 Å². The largest absolute Gasteiger partial charge is 0.462 e. The van der Waals surface area contributed by atoms with Gasteiger partial charge in [0.15, 0.2) is 6.10 Å². The van der Waals surface area contributed by atoms with Crippen LogP contribution < -0.4 is 0 Å². The van der Waals surface area contributed by atoms with Gasteiger partial charge in [-0.15, -0.1) is 0 Å². The van der Waals surface area contributed by atoms with E-state index in [9.17, 15) is 14.4 Å². The van der Waals surface area contributed by atoms with Gasteiger partial charge in [-0.05, 0) is 148 Å². The van der Waals surface area contributed by atoms with Gasteiger partial charge in [-0.2, -0.15) is 0 Å². The number of esters is 3. The van der Waals surface area contributed by atoms with Crippen molar-refractivity contribution in [3.05, 3.63) is 170 Å². The fourth-order valence-corrected chi connectivity index (χ4v) is 7.82. The van der Waals surface area contributed by atoms with Gasteiger partial charge < -0.3 is 14.2 Å². The Labute approximate surface area is 479 Å². The highest BCUT2D eigenvalue weighted by Crippen LogP contribution is 2.13. The molecule has 1 unspecified atom stereocenters. The molecule has 0 bridgehead atoms. The molecule has 0 rings (SSSR count). The van der Waals surface area contributed by atoms with E-state index in [-0.39, 0.29) is 31.1 Å². The molecule has 0 amide bonds. The van der Waals surface area contributed by atoms with Gasteiger partial charge in [0.1, 0.15) is 13.2 Å².